The predicted octanol–water partition coefficient (Wildman–Crippen LogP) is 1.45. The largest absolute Gasteiger partial charge is 0.350 e. The first-order valence-corrected chi connectivity index (χ1v) is 6.29. The maximum Gasteiger partial charge on any atom is 0.316 e. The molecule has 0 heterocycles. The van der Waals surface area contributed by atoms with Crippen molar-refractivity contribution in [2.75, 3.05) is 27.2 Å². The molecule has 6 heteroatoms. The molecule has 0 saturated heterocycles. The van der Waals surface area contributed by atoms with Crippen LogP contribution in [0.15, 0.2) is 28.7 Å². The lowest BCUT2D eigenvalue weighted by Crippen LogP contribution is -2.39. The average Bonchev–Trinajstić information content (AvgIpc) is 2.33. The molecule has 1 rings (SSSR count). The number of carbonyl (C=O) groups excluding carboxylic acids is 2. The number of nitrogens with one attached hydrogen (secondary N) is 2. The Bertz CT molecular complexity index is 435. The molecule has 0 radical (unpaired) electrons. The molecule has 5 nitrogen and oxygen atoms in total. The summed E-state index contributed by atoms with van der Waals surface area (Å²) in [5, 5.41) is 5.39. The number of amides is 3. The van der Waals surface area contributed by atoms with E-state index in [-0.39, 0.29) is 11.9 Å². The number of urea groups is 1. The van der Waals surface area contributed by atoms with Crippen LogP contribution in [0.1, 0.15) is 10.4 Å². The standard InChI is InChI=1S/C12H16BrN3O2/c1-16(2)12(18)15-7-6-14-11(17)9-4-3-5-10(13)8-9/h3-5,8H,6-7H2,1-2H3,(H,14,17)(H,15,18). The summed E-state index contributed by atoms with van der Waals surface area (Å²) < 4.78 is 0.857. The summed E-state index contributed by atoms with van der Waals surface area (Å²) in [6.07, 6.45) is 0. The van der Waals surface area contributed by atoms with Gasteiger partial charge in [0.1, 0.15) is 0 Å². The van der Waals surface area contributed by atoms with Crippen LogP contribution in [0.3, 0.4) is 0 Å². The number of benzene rings is 1. The summed E-state index contributed by atoms with van der Waals surface area (Å²) in [7, 11) is 3.32. The second kappa shape index (κ2) is 7.00. The zero-order chi connectivity index (χ0) is 13.5. The van der Waals surface area contributed by atoms with E-state index in [1.54, 1.807) is 32.3 Å². The number of rotatable bonds is 4. The highest BCUT2D eigenvalue weighted by atomic mass is 79.9. The van der Waals surface area contributed by atoms with Gasteiger partial charge in [0, 0.05) is 37.2 Å². The molecule has 0 aromatic heterocycles. The van der Waals surface area contributed by atoms with Crippen LogP contribution in [0.2, 0.25) is 0 Å². The van der Waals surface area contributed by atoms with Gasteiger partial charge in [0.25, 0.3) is 5.91 Å². The van der Waals surface area contributed by atoms with Crippen molar-refractivity contribution in [1.82, 2.24) is 15.5 Å². The summed E-state index contributed by atoms with van der Waals surface area (Å²) in [5.74, 6) is -0.157. The lowest BCUT2D eigenvalue weighted by molar-refractivity contribution is 0.0953. The molecular weight excluding hydrogens is 298 g/mol. The van der Waals surface area contributed by atoms with Gasteiger partial charge in [0.2, 0.25) is 0 Å². The number of halogens is 1. The fourth-order valence-electron chi connectivity index (χ4n) is 1.24. The van der Waals surface area contributed by atoms with Crippen LogP contribution in [0, 0.1) is 0 Å². The van der Waals surface area contributed by atoms with Gasteiger partial charge in [0.05, 0.1) is 0 Å². The van der Waals surface area contributed by atoms with Crippen LogP contribution in [0.4, 0.5) is 4.79 Å². The van der Waals surface area contributed by atoms with Crippen LogP contribution in [-0.4, -0.2) is 44.0 Å². The van der Waals surface area contributed by atoms with Crippen molar-refractivity contribution in [3.05, 3.63) is 34.3 Å². The molecule has 1 aromatic carbocycles. The molecule has 0 unspecified atom stereocenters. The van der Waals surface area contributed by atoms with Crippen molar-refractivity contribution in [3.63, 3.8) is 0 Å². The fourth-order valence-corrected chi connectivity index (χ4v) is 1.63. The summed E-state index contributed by atoms with van der Waals surface area (Å²) >= 11 is 3.30. The van der Waals surface area contributed by atoms with Gasteiger partial charge in [-0.15, -0.1) is 0 Å². The van der Waals surface area contributed by atoms with Crippen LogP contribution in [0.25, 0.3) is 0 Å². The molecule has 0 aliphatic carbocycles. The smallest absolute Gasteiger partial charge is 0.316 e. The normalized spacial score (nSPS) is 9.72. The van der Waals surface area contributed by atoms with E-state index in [1.807, 2.05) is 6.07 Å². The quantitative estimate of drug-likeness (QED) is 0.827. The highest BCUT2D eigenvalue weighted by Gasteiger charge is 2.05. The van der Waals surface area contributed by atoms with E-state index < -0.39 is 0 Å². The average molecular weight is 314 g/mol. The Morgan fingerprint density at radius 3 is 2.50 bits per heavy atom. The van der Waals surface area contributed by atoms with Gasteiger partial charge in [-0.05, 0) is 18.2 Å². The molecule has 98 valence electrons. The Morgan fingerprint density at radius 1 is 1.22 bits per heavy atom. The van der Waals surface area contributed by atoms with Crippen molar-refractivity contribution >= 4 is 27.9 Å². The van der Waals surface area contributed by atoms with Gasteiger partial charge < -0.3 is 15.5 Å². The number of nitrogens with zero attached hydrogens (tertiary/aromatic N) is 1. The van der Waals surface area contributed by atoms with Crippen LogP contribution in [0.5, 0.6) is 0 Å². The van der Waals surface area contributed by atoms with Crippen LogP contribution < -0.4 is 10.6 Å². The molecule has 3 amide bonds. The van der Waals surface area contributed by atoms with E-state index in [0.29, 0.717) is 18.7 Å². The lowest BCUT2D eigenvalue weighted by Gasteiger charge is -2.12. The Labute approximate surface area is 115 Å². The van der Waals surface area contributed by atoms with Crippen LogP contribution >= 0.6 is 15.9 Å². The van der Waals surface area contributed by atoms with Crippen molar-refractivity contribution in [2.45, 2.75) is 0 Å². The minimum absolute atomic E-state index is 0.157. The molecule has 0 saturated carbocycles. The molecular formula is C12H16BrN3O2. The van der Waals surface area contributed by atoms with Crippen LogP contribution in [-0.2, 0) is 0 Å². The first kappa shape index (κ1) is 14.5. The van der Waals surface area contributed by atoms with E-state index in [0.717, 1.165) is 4.47 Å². The Balaban J connectivity index is 2.32. The van der Waals surface area contributed by atoms with Crippen molar-refractivity contribution in [2.24, 2.45) is 0 Å². The molecule has 2 N–H and O–H groups in total. The molecule has 0 spiro atoms. The van der Waals surface area contributed by atoms with E-state index in [2.05, 4.69) is 26.6 Å². The Morgan fingerprint density at radius 2 is 1.89 bits per heavy atom. The van der Waals surface area contributed by atoms with E-state index in [9.17, 15) is 9.59 Å². The minimum Gasteiger partial charge on any atom is -0.350 e. The second-order valence-corrected chi connectivity index (χ2v) is 4.81. The topological polar surface area (TPSA) is 61.4 Å². The third-order valence-corrected chi connectivity index (χ3v) is 2.67. The summed E-state index contributed by atoms with van der Waals surface area (Å²) in [5.41, 5.74) is 0.586. The summed E-state index contributed by atoms with van der Waals surface area (Å²) in [4.78, 5) is 24.4. The summed E-state index contributed by atoms with van der Waals surface area (Å²) in [6, 6.07) is 6.96. The molecule has 0 aliphatic rings. The monoisotopic (exact) mass is 313 g/mol. The molecule has 0 fully saturated rings. The zero-order valence-electron chi connectivity index (χ0n) is 10.4. The van der Waals surface area contributed by atoms with E-state index in [1.165, 1.54) is 4.90 Å². The molecule has 0 atom stereocenters. The van der Waals surface area contributed by atoms with Gasteiger partial charge in [0.15, 0.2) is 0 Å². The first-order chi connectivity index (χ1) is 8.50. The van der Waals surface area contributed by atoms with Gasteiger partial charge >= 0.3 is 6.03 Å². The molecule has 0 aliphatic heterocycles. The number of carbonyl (C=O) groups is 2. The lowest BCUT2D eigenvalue weighted by atomic mass is 10.2. The third kappa shape index (κ3) is 4.75. The van der Waals surface area contributed by atoms with Gasteiger partial charge in [-0.25, -0.2) is 4.79 Å². The molecule has 1 aromatic rings. The highest BCUT2D eigenvalue weighted by Crippen LogP contribution is 2.11. The van der Waals surface area contributed by atoms with Gasteiger partial charge in [-0.1, -0.05) is 22.0 Å². The van der Waals surface area contributed by atoms with Crippen molar-refractivity contribution in [1.29, 1.82) is 0 Å². The molecule has 0 bridgehead atoms. The summed E-state index contributed by atoms with van der Waals surface area (Å²) in [6.45, 7) is 0.793. The zero-order valence-corrected chi connectivity index (χ0v) is 12.0. The number of hydrogen-bond acceptors (Lipinski definition) is 2. The van der Waals surface area contributed by atoms with E-state index in [4.69, 9.17) is 0 Å². The fraction of sp³-hybridized carbons (Fsp3) is 0.333. The highest BCUT2D eigenvalue weighted by molar-refractivity contribution is 9.10. The minimum atomic E-state index is -0.174. The second-order valence-electron chi connectivity index (χ2n) is 3.89. The van der Waals surface area contributed by atoms with Gasteiger partial charge in [-0.2, -0.15) is 0 Å². The first-order valence-electron chi connectivity index (χ1n) is 5.49. The third-order valence-electron chi connectivity index (χ3n) is 2.18. The van der Waals surface area contributed by atoms with Crippen molar-refractivity contribution < 1.29 is 9.59 Å². The Kier molecular flexibility index (Phi) is 5.64. The Hall–Kier alpha value is -1.56. The van der Waals surface area contributed by atoms with E-state index >= 15 is 0 Å². The van der Waals surface area contributed by atoms with Gasteiger partial charge in [-0.3, -0.25) is 4.79 Å². The maximum absolute atomic E-state index is 11.7. The predicted molar refractivity (Wildman–Crippen MR) is 73.6 cm³/mol. The van der Waals surface area contributed by atoms with Crippen molar-refractivity contribution in [3.8, 4) is 0 Å². The number of hydrogen-bond donors (Lipinski definition) is 2. The SMILES string of the molecule is CN(C)C(=O)NCCNC(=O)c1cccc(Br)c1. The molecule has 18 heavy (non-hydrogen) atoms. The maximum atomic E-state index is 11.7.